The van der Waals surface area contributed by atoms with E-state index in [9.17, 15) is 9.59 Å². The van der Waals surface area contributed by atoms with Crippen LogP contribution in [0.15, 0.2) is 0 Å². The molecule has 1 amide bonds. The molecule has 0 spiro atoms. The highest BCUT2D eigenvalue weighted by atomic mass is 32.2. The van der Waals surface area contributed by atoms with E-state index in [2.05, 4.69) is 0 Å². The first-order chi connectivity index (χ1) is 6.90. The van der Waals surface area contributed by atoms with E-state index in [1.54, 1.807) is 11.8 Å². The number of aliphatic carboxylic acids is 1. The molecular weight excluding hydrogens is 214 g/mol. The van der Waals surface area contributed by atoms with Gasteiger partial charge in [-0.3, -0.25) is 9.59 Å². The summed E-state index contributed by atoms with van der Waals surface area (Å²) in [6.07, 6.45) is 0. The molecule has 1 N–H and O–H groups in total. The molecule has 0 radical (unpaired) electrons. The van der Waals surface area contributed by atoms with Gasteiger partial charge in [-0.1, -0.05) is 20.8 Å². The Hall–Kier alpha value is -0.710. The van der Waals surface area contributed by atoms with Crippen LogP contribution >= 0.6 is 11.8 Å². The van der Waals surface area contributed by atoms with Gasteiger partial charge >= 0.3 is 5.97 Å². The Labute approximate surface area is 95.0 Å². The van der Waals surface area contributed by atoms with Crippen molar-refractivity contribution >= 4 is 23.6 Å². The lowest BCUT2D eigenvalue weighted by molar-refractivity contribution is -0.143. The summed E-state index contributed by atoms with van der Waals surface area (Å²) in [4.78, 5) is 23.6. The molecule has 0 bridgehead atoms. The molecule has 0 saturated carbocycles. The van der Waals surface area contributed by atoms with Crippen molar-refractivity contribution in [2.45, 2.75) is 26.0 Å². The van der Waals surface area contributed by atoms with Crippen LogP contribution in [0, 0.1) is 5.92 Å². The Morgan fingerprint density at radius 3 is 2.27 bits per heavy atom. The van der Waals surface area contributed by atoms with Crippen molar-refractivity contribution < 1.29 is 14.7 Å². The van der Waals surface area contributed by atoms with Crippen LogP contribution in [0.3, 0.4) is 0 Å². The molecule has 0 heterocycles. The van der Waals surface area contributed by atoms with Gasteiger partial charge in [0.25, 0.3) is 0 Å². The molecule has 15 heavy (non-hydrogen) atoms. The second-order valence-corrected chi connectivity index (χ2v) is 5.13. The number of thioether (sulfide) groups is 1. The van der Waals surface area contributed by atoms with Gasteiger partial charge in [0, 0.05) is 7.05 Å². The Morgan fingerprint density at radius 1 is 1.40 bits per heavy atom. The SMILES string of the molecule is CCSC(C(=O)N(C)CC(=O)O)C(C)C. The first-order valence-corrected chi connectivity index (χ1v) is 6.03. The highest BCUT2D eigenvalue weighted by molar-refractivity contribution is 8.00. The molecule has 88 valence electrons. The molecule has 1 atom stereocenters. The molecule has 5 heteroatoms. The first-order valence-electron chi connectivity index (χ1n) is 4.98. The maximum atomic E-state index is 11.9. The summed E-state index contributed by atoms with van der Waals surface area (Å²) in [5.41, 5.74) is 0. The van der Waals surface area contributed by atoms with Crippen LogP contribution in [0.25, 0.3) is 0 Å². The molecular formula is C10H19NO3S. The molecule has 0 saturated heterocycles. The normalized spacial score (nSPS) is 12.6. The molecule has 1 unspecified atom stereocenters. The third kappa shape index (κ3) is 5.06. The number of nitrogens with zero attached hydrogens (tertiary/aromatic N) is 1. The van der Waals surface area contributed by atoms with E-state index < -0.39 is 5.97 Å². The summed E-state index contributed by atoms with van der Waals surface area (Å²) >= 11 is 1.56. The Morgan fingerprint density at radius 2 is 1.93 bits per heavy atom. The third-order valence-electron chi connectivity index (χ3n) is 1.94. The van der Waals surface area contributed by atoms with Crippen molar-refractivity contribution in [3.63, 3.8) is 0 Å². The van der Waals surface area contributed by atoms with E-state index in [4.69, 9.17) is 5.11 Å². The predicted octanol–water partition coefficient (Wildman–Crippen LogP) is 1.31. The highest BCUT2D eigenvalue weighted by Gasteiger charge is 2.25. The first kappa shape index (κ1) is 14.3. The smallest absolute Gasteiger partial charge is 0.323 e. The van der Waals surface area contributed by atoms with E-state index >= 15 is 0 Å². The maximum Gasteiger partial charge on any atom is 0.323 e. The molecule has 0 aromatic rings. The number of hydrogen-bond acceptors (Lipinski definition) is 3. The number of amides is 1. The van der Waals surface area contributed by atoms with Crippen molar-refractivity contribution in [3.05, 3.63) is 0 Å². The van der Waals surface area contributed by atoms with Crippen LogP contribution < -0.4 is 0 Å². The van der Waals surface area contributed by atoms with Crippen molar-refractivity contribution in [3.8, 4) is 0 Å². The Balaban J connectivity index is 4.41. The summed E-state index contributed by atoms with van der Waals surface area (Å²) in [5, 5.41) is 8.44. The summed E-state index contributed by atoms with van der Waals surface area (Å²) in [6.45, 7) is 5.70. The van der Waals surface area contributed by atoms with Gasteiger partial charge < -0.3 is 10.0 Å². The quantitative estimate of drug-likeness (QED) is 0.751. The average Bonchev–Trinajstić information content (AvgIpc) is 2.11. The van der Waals surface area contributed by atoms with Crippen LogP contribution in [0.4, 0.5) is 0 Å². The molecule has 0 aliphatic rings. The van der Waals surface area contributed by atoms with E-state index in [0.717, 1.165) is 5.75 Å². The van der Waals surface area contributed by atoms with Crippen molar-refractivity contribution in [1.82, 2.24) is 4.90 Å². The number of carbonyl (C=O) groups excluding carboxylic acids is 1. The van der Waals surface area contributed by atoms with Crippen LogP contribution in [0.5, 0.6) is 0 Å². The molecule has 0 aromatic carbocycles. The average molecular weight is 233 g/mol. The second kappa shape index (κ2) is 6.71. The molecule has 0 aliphatic heterocycles. The maximum absolute atomic E-state index is 11.9. The molecule has 4 nitrogen and oxygen atoms in total. The van der Waals surface area contributed by atoms with Gasteiger partial charge in [-0.25, -0.2) is 0 Å². The number of likely N-dealkylation sites (N-methyl/N-ethyl adjacent to an activating group) is 1. The van der Waals surface area contributed by atoms with Crippen LogP contribution in [0.2, 0.25) is 0 Å². The number of carboxylic acid groups (broad SMARTS) is 1. The Kier molecular flexibility index (Phi) is 6.40. The van der Waals surface area contributed by atoms with E-state index in [-0.39, 0.29) is 23.6 Å². The molecule has 0 fully saturated rings. The summed E-state index contributed by atoms with van der Waals surface area (Å²) in [5.74, 6) is 0.00276. The minimum atomic E-state index is -0.977. The fraction of sp³-hybridized carbons (Fsp3) is 0.800. The van der Waals surface area contributed by atoms with Crippen molar-refractivity contribution in [2.75, 3.05) is 19.3 Å². The summed E-state index contributed by atoms with van der Waals surface area (Å²) in [7, 11) is 1.53. The van der Waals surface area contributed by atoms with Crippen LogP contribution in [0.1, 0.15) is 20.8 Å². The van der Waals surface area contributed by atoms with Crippen LogP contribution in [-0.2, 0) is 9.59 Å². The number of rotatable bonds is 6. The highest BCUT2D eigenvalue weighted by Crippen LogP contribution is 2.21. The van der Waals surface area contributed by atoms with E-state index in [1.165, 1.54) is 11.9 Å². The summed E-state index contributed by atoms with van der Waals surface area (Å²) in [6, 6.07) is 0. The fourth-order valence-corrected chi connectivity index (χ4v) is 2.29. The zero-order valence-corrected chi connectivity index (χ0v) is 10.5. The standard InChI is InChI=1S/C10H19NO3S/c1-5-15-9(7(2)3)10(14)11(4)6-8(12)13/h7,9H,5-6H2,1-4H3,(H,12,13). The second-order valence-electron chi connectivity index (χ2n) is 3.71. The number of carbonyl (C=O) groups is 2. The largest absolute Gasteiger partial charge is 0.480 e. The predicted molar refractivity (Wildman–Crippen MR) is 62.0 cm³/mol. The van der Waals surface area contributed by atoms with Crippen LogP contribution in [-0.4, -0.2) is 46.5 Å². The van der Waals surface area contributed by atoms with Gasteiger partial charge in [0.2, 0.25) is 5.91 Å². The van der Waals surface area contributed by atoms with Crippen molar-refractivity contribution in [1.29, 1.82) is 0 Å². The minimum Gasteiger partial charge on any atom is -0.480 e. The number of carboxylic acids is 1. The Bertz CT molecular complexity index is 231. The van der Waals surface area contributed by atoms with E-state index in [1.807, 2.05) is 20.8 Å². The fourth-order valence-electron chi connectivity index (χ4n) is 1.23. The van der Waals surface area contributed by atoms with Gasteiger partial charge in [0.05, 0.1) is 5.25 Å². The van der Waals surface area contributed by atoms with Gasteiger partial charge in [0.1, 0.15) is 6.54 Å². The third-order valence-corrected chi connectivity index (χ3v) is 3.38. The minimum absolute atomic E-state index is 0.0979. The van der Waals surface area contributed by atoms with Gasteiger partial charge in [0.15, 0.2) is 0 Å². The van der Waals surface area contributed by atoms with Gasteiger partial charge in [-0.2, -0.15) is 0 Å². The van der Waals surface area contributed by atoms with Crippen molar-refractivity contribution in [2.24, 2.45) is 5.92 Å². The molecule has 0 aromatic heterocycles. The number of hydrogen-bond donors (Lipinski definition) is 1. The van der Waals surface area contributed by atoms with E-state index in [0.29, 0.717) is 0 Å². The van der Waals surface area contributed by atoms with Gasteiger partial charge in [-0.15, -0.1) is 11.8 Å². The monoisotopic (exact) mass is 233 g/mol. The molecule has 0 rings (SSSR count). The summed E-state index contributed by atoms with van der Waals surface area (Å²) < 4.78 is 0. The zero-order valence-electron chi connectivity index (χ0n) is 9.69. The molecule has 0 aliphatic carbocycles. The lowest BCUT2D eigenvalue weighted by Gasteiger charge is -2.24. The van der Waals surface area contributed by atoms with Gasteiger partial charge in [-0.05, 0) is 11.7 Å². The lowest BCUT2D eigenvalue weighted by Crippen LogP contribution is -2.40. The lowest BCUT2D eigenvalue weighted by atomic mass is 10.1. The topological polar surface area (TPSA) is 57.6 Å². The zero-order chi connectivity index (χ0) is 12.0.